The predicted molar refractivity (Wildman–Crippen MR) is 114 cm³/mol. The van der Waals surface area contributed by atoms with E-state index in [2.05, 4.69) is 16.8 Å². The Morgan fingerprint density at radius 2 is 2.12 bits per heavy atom. The molecule has 4 N–H and O–H groups in total. The molecule has 2 aliphatic heterocycles. The Morgan fingerprint density at radius 1 is 1.41 bits per heavy atom. The van der Waals surface area contributed by atoms with Crippen LogP contribution in [0.15, 0.2) is 12.1 Å². The summed E-state index contributed by atoms with van der Waals surface area (Å²) in [5.41, 5.74) is 2.55. The van der Waals surface area contributed by atoms with Gasteiger partial charge in [0.05, 0.1) is 16.1 Å². The number of aliphatic hydroxyl groups is 2. The molecule has 3 heterocycles. The van der Waals surface area contributed by atoms with Crippen molar-refractivity contribution in [1.29, 1.82) is 0 Å². The molecular weight excluding hydrogens is 437 g/mol. The standard InChI is InChI=1S/C22H22FN3O5S/c1-11(2)22(30)10-31-15-9-14(23)12(4-5-21(29)6-7-26(3)20(21)28)8-13(15)16-17(22)32-19(25-16)18(24)27/h8-9,11,29-30H,6-7,10H2,1-3H3,(H2,24,27)/t21-,22?/m0/s1. The largest absolute Gasteiger partial charge is 0.489 e. The highest BCUT2D eigenvalue weighted by atomic mass is 32.1. The highest BCUT2D eigenvalue weighted by Crippen LogP contribution is 2.46. The molecule has 0 saturated carbocycles. The number of carbonyl (C=O) groups excluding carboxylic acids is 2. The first-order valence-corrected chi connectivity index (χ1v) is 10.8. The molecule has 1 fully saturated rings. The Labute approximate surface area is 187 Å². The van der Waals surface area contributed by atoms with Gasteiger partial charge < -0.3 is 25.6 Å². The van der Waals surface area contributed by atoms with Crippen LogP contribution in [0.2, 0.25) is 0 Å². The number of nitrogens with zero attached hydrogens (tertiary/aromatic N) is 2. The van der Waals surface area contributed by atoms with Gasteiger partial charge in [-0.15, -0.1) is 11.3 Å². The van der Waals surface area contributed by atoms with E-state index in [0.29, 0.717) is 17.0 Å². The van der Waals surface area contributed by atoms with Crippen LogP contribution in [-0.4, -0.2) is 57.7 Å². The number of primary amides is 1. The van der Waals surface area contributed by atoms with Crippen molar-refractivity contribution in [3.05, 3.63) is 33.4 Å². The van der Waals surface area contributed by atoms with Crippen molar-refractivity contribution < 1.29 is 28.9 Å². The van der Waals surface area contributed by atoms with E-state index in [1.807, 2.05) is 0 Å². The zero-order valence-electron chi connectivity index (χ0n) is 17.7. The van der Waals surface area contributed by atoms with Crippen LogP contribution >= 0.6 is 11.3 Å². The van der Waals surface area contributed by atoms with Crippen LogP contribution in [0.4, 0.5) is 4.39 Å². The fourth-order valence-electron chi connectivity index (χ4n) is 3.68. The molecule has 1 aromatic carbocycles. The molecule has 1 unspecified atom stereocenters. The van der Waals surface area contributed by atoms with Crippen LogP contribution in [0, 0.1) is 23.6 Å². The second-order valence-corrected chi connectivity index (χ2v) is 9.34. The number of aromatic nitrogens is 1. The fourth-order valence-corrected chi connectivity index (χ4v) is 4.83. The second kappa shape index (κ2) is 7.55. The SMILES string of the molecule is CC(C)C1(O)COc2cc(F)c(C#C[C@]3(O)CCN(C)C3=O)cc2-c2nc(C(N)=O)sc21. The molecular formula is C22H22FN3O5S. The topological polar surface area (TPSA) is 126 Å². The minimum absolute atomic E-state index is 0.00721. The minimum atomic E-state index is -1.88. The molecule has 4 rings (SSSR count). The number of halogens is 1. The molecule has 2 atom stereocenters. The lowest BCUT2D eigenvalue weighted by molar-refractivity contribution is -0.137. The van der Waals surface area contributed by atoms with Gasteiger partial charge >= 0.3 is 0 Å². The fraction of sp³-hybridized carbons (Fsp3) is 0.409. The molecule has 0 spiro atoms. The molecule has 1 saturated heterocycles. The average molecular weight is 459 g/mol. The summed E-state index contributed by atoms with van der Waals surface area (Å²) in [4.78, 5) is 30.0. The zero-order valence-corrected chi connectivity index (χ0v) is 18.5. The number of ether oxygens (including phenoxy) is 1. The first-order chi connectivity index (χ1) is 15.0. The van der Waals surface area contributed by atoms with E-state index in [1.54, 1.807) is 20.9 Å². The number of nitrogens with two attached hydrogens (primary N) is 1. The Hall–Kier alpha value is -3.00. The van der Waals surface area contributed by atoms with E-state index in [4.69, 9.17) is 10.5 Å². The third-order valence-electron chi connectivity index (χ3n) is 5.87. The number of thiazole rings is 1. The first kappa shape index (κ1) is 22.2. The zero-order chi connectivity index (χ0) is 23.4. The number of carbonyl (C=O) groups is 2. The van der Waals surface area contributed by atoms with Gasteiger partial charge in [0.1, 0.15) is 23.8 Å². The Bertz CT molecular complexity index is 1200. The monoisotopic (exact) mass is 459 g/mol. The van der Waals surface area contributed by atoms with Crippen LogP contribution in [0.3, 0.4) is 0 Å². The van der Waals surface area contributed by atoms with Crippen molar-refractivity contribution >= 4 is 23.2 Å². The smallest absolute Gasteiger partial charge is 0.277 e. The molecule has 10 heteroatoms. The van der Waals surface area contributed by atoms with Crippen molar-refractivity contribution in [1.82, 2.24) is 9.88 Å². The van der Waals surface area contributed by atoms with Crippen molar-refractivity contribution in [2.24, 2.45) is 11.7 Å². The lowest BCUT2D eigenvalue weighted by Gasteiger charge is -2.29. The van der Waals surface area contributed by atoms with E-state index in [1.165, 1.54) is 11.0 Å². The average Bonchev–Trinajstić information content (AvgIpc) is 3.26. The number of fused-ring (bicyclic) bond motifs is 3. The highest BCUT2D eigenvalue weighted by Gasteiger charge is 2.43. The Balaban J connectivity index is 1.87. The first-order valence-electron chi connectivity index (χ1n) is 9.97. The van der Waals surface area contributed by atoms with Crippen LogP contribution < -0.4 is 10.5 Å². The summed E-state index contributed by atoms with van der Waals surface area (Å²) in [6, 6.07) is 2.49. The number of likely N-dealkylation sites (N-methyl/N-ethyl adjacent to an activating group) is 1. The van der Waals surface area contributed by atoms with Gasteiger partial charge in [-0.25, -0.2) is 9.37 Å². The van der Waals surface area contributed by atoms with Crippen molar-refractivity contribution in [3.8, 4) is 28.8 Å². The molecule has 0 radical (unpaired) electrons. The van der Waals surface area contributed by atoms with Crippen LogP contribution in [0.25, 0.3) is 11.3 Å². The van der Waals surface area contributed by atoms with Gasteiger partial charge in [-0.3, -0.25) is 9.59 Å². The van der Waals surface area contributed by atoms with Gasteiger partial charge in [0, 0.05) is 31.6 Å². The Kier molecular flexibility index (Phi) is 5.24. The summed E-state index contributed by atoms with van der Waals surface area (Å²) < 4.78 is 20.6. The van der Waals surface area contributed by atoms with Crippen LogP contribution in [0.5, 0.6) is 5.75 Å². The maximum absolute atomic E-state index is 14.8. The summed E-state index contributed by atoms with van der Waals surface area (Å²) in [5.74, 6) is 2.87. The lowest BCUT2D eigenvalue weighted by Crippen LogP contribution is -2.37. The molecule has 168 valence electrons. The van der Waals surface area contributed by atoms with Crippen LogP contribution in [0.1, 0.15) is 40.5 Å². The number of benzene rings is 1. The van der Waals surface area contributed by atoms with E-state index < -0.39 is 28.8 Å². The summed E-state index contributed by atoms with van der Waals surface area (Å²) in [5, 5.41) is 21.8. The predicted octanol–water partition coefficient (Wildman–Crippen LogP) is 1.23. The maximum Gasteiger partial charge on any atom is 0.277 e. The van der Waals surface area contributed by atoms with E-state index in [9.17, 15) is 24.2 Å². The van der Waals surface area contributed by atoms with Gasteiger partial charge in [0.15, 0.2) is 5.01 Å². The molecule has 0 aliphatic carbocycles. The van der Waals surface area contributed by atoms with Crippen molar-refractivity contribution in [2.45, 2.75) is 31.5 Å². The van der Waals surface area contributed by atoms with Crippen LogP contribution in [-0.2, 0) is 10.4 Å². The van der Waals surface area contributed by atoms with Gasteiger partial charge in [-0.05, 0) is 12.0 Å². The van der Waals surface area contributed by atoms with Gasteiger partial charge in [-0.1, -0.05) is 25.7 Å². The molecule has 2 amide bonds. The minimum Gasteiger partial charge on any atom is -0.489 e. The molecule has 32 heavy (non-hydrogen) atoms. The van der Waals surface area contributed by atoms with E-state index in [-0.39, 0.29) is 41.0 Å². The highest BCUT2D eigenvalue weighted by molar-refractivity contribution is 7.14. The number of likely N-dealkylation sites (tertiary alicyclic amines) is 1. The maximum atomic E-state index is 14.8. The van der Waals surface area contributed by atoms with Crippen molar-refractivity contribution in [2.75, 3.05) is 20.2 Å². The number of hydrogen-bond donors (Lipinski definition) is 3. The summed E-state index contributed by atoms with van der Waals surface area (Å²) in [6.45, 7) is 3.76. The summed E-state index contributed by atoms with van der Waals surface area (Å²) >= 11 is 0.964. The lowest BCUT2D eigenvalue weighted by atomic mass is 9.88. The molecule has 0 bridgehead atoms. The van der Waals surface area contributed by atoms with E-state index >= 15 is 0 Å². The molecule has 1 aromatic heterocycles. The van der Waals surface area contributed by atoms with Gasteiger partial charge in [0.2, 0.25) is 5.60 Å². The van der Waals surface area contributed by atoms with Gasteiger partial charge in [-0.2, -0.15) is 0 Å². The Morgan fingerprint density at radius 3 is 2.72 bits per heavy atom. The quantitative estimate of drug-likeness (QED) is 0.580. The molecule has 2 aromatic rings. The number of amides is 2. The van der Waals surface area contributed by atoms with Crippen molar-refractivity contribution in [3.63, 3.8) is 0 Å². The number of rotatable bonds is 2. The second-order valence-electron chi connectivity index (χ2n) is 8.34. The molecule has 8 nitrogen and oxygen atoms in total. The summed E-state index contributed by atoms with van der Waals surface area (Å²) in [6.07, 6.45) is 0.116. The van der Waals surface area contributed by atoms with E-state index in [0.717, 1.165) is 17.4 Å². The normalized spacial score (nSPS) is 24.3. The molecule has 2 aliphatic rings. The number of hydrogen-bond acceptors (Lipinski definition) is 7. The van der Waals surface area contributed by atoms with Gasteiger partial charge in [0.25, 0.3) is 11.8 Å². The third-order valence-corrected chi connectivity index (χ3v) is 7.11. The summed E-state index contributed by atoms with van der Waals surface area (Å²) in [7, 11) is 1.55. The third kappa shape index (κ3) is 3.43.